The lowest BCUT2D eigenvalue weighted by Crippen LogP contribution is -2.22. The highest BCUT2D eigenvalue weighted by Crippen LogP contribution is 2.27. The Morgan fingerprint density at radius 1 is 1.14 bits per heavy atom. The van der Waals surface area contributed by atoms with Gasteiger partial charge in [-0.2, -0.15) is 0 Å². The quantitative estimate of drug-likeness (QED) is 0.900. The van der Waals surface area contributed by atoms with Gasteiger partial charge < -0.3 is 10.2 Å². The van der Waals surface area contributed by atoms with Gasteiger partial charge in [0.05, 0.1) is 0 Å². The van der Waals surface area contributed by atoms with Gasteiger partial charge in [-0.25, -0.2) is 4.98 Å². The maximum Gasteiger partial charge on any atom is 0.135 e. The average Bonchev–Trinajstić information content (AvgIpc) is 2.45. The third-order valence-corrected chi connectivity index (χ3v) is 3.62. The number of anilines is 2. The second-order valence-corrected chi connectivity index (χ2v) is 5.87. The minimum atomic E-state index is 0.486. The van der Waals surface area contributed by atoms with Crippen molar-refractivity contribution >= 4 is 11.5 Å². The second-order valence-electron chi connectivity index (χ2n) is 5.87. The molecule has 21 heavy (non-hydrogen) atoms. The number of hydrogen-bond acceptors (Lipinski definition) is 3. The molecule has 0 saturated heterocycles. The molecule has 1 N–H and O–H groups in total. The lowest BCUT2D eigenvalue weighted by atomic mass is 10.1. The molecule has 0 aliphatic heterocycles. The largest absolute Gasteiger partial charge is 0.329 e. The van der Waals surface area contributed by atoms with Crippen LogP contribution in [0, 0.1) is 13.8 Å². The fraction of sp³-hybridized carbons (Fsp3) is 0.389. The van der Waals surface area contributed by atoms with E-state index < -0.39 is 0 Å². The molecular weight excluding hydrogens is 258 g/mol. The fourth-order valence-corrected chi connectivity index (χ4v) is 2.45. The van der Waals surface area contributed by atoms with Crippen LogP contribution in [0.1, 0.15) is 30.5 Å². The van der Waals surface area contributed by atoms with E-state index in [4.69, 9.17) is 0 Å². The first-order valence-corrected chi connectivity index (χ1v) is 7.47. The lowest BCUT2D eigenvalue weighted by molar-refractivity contribution is 0.588. The molecule has 0 fully saturated rings. The van der Waals surface area contributed by atoms with Crippen LogP contribution in [0.3, 0.4) is 0 Å². The average molecular weight is 283 g/mol. The van der Waals surface area contributed by atoms with Gasteiger partial charge in [-0.3, -0.25) is 0 Å². The molecule has 1 heterocycles. The van der Waals surface area contributed by atoms with Crippen molar-refractivity contribution in [3.05, 3.63) is 53.2 Å². The molecule has 3 nitrogen and oxygen atoms in total. The van der Waals surface area contributed by atoms with Crippen LogP contribution in [0.25, 0.3) is 0 Å². The smallest absolute Gasteiger partial charge is 0.135 e. The number of rotatable bonds is 5. The summed E-state index contributed by atoms with van der Waals surface area (Å²) >= 11 is 0. The van der Waals surface area contributed by atoms with Crippen molar-refractivity contribution in [2.75, 3.05) is 11.9 Å². The molecule has 1 aromatic carbocycles. The molecule has 3 heteroatoms. The van der Waals surface area contributed by atoms with Gasteiger partial charge in [0.1, 0.15) is 5.82 Å². The number of para-hydroxylation sites is 1. The fourth-order valence-electron chi connectivity index (χ4n) is 2.45. The molecule has 0 spiro atoms. The predicted molar refractivity (Wildman–Crippen MR) is 90.2 cm³/mol. The van der Waals surface area contributed by atoms with E-state index in [0.717, 1.165) is 12.4 Å². The maximum absolute atomic E-state index is 4.66. The molecular formula is C18H25N3. The van der Waals surface area contributed by atoms with E-state index in [0.29, 0.717) is 6.04 Å². The zero-order valence-electron chi connectivity index (χ0n) is 13.6. The SMILES string of the molecule is Cc1ccccc1N(C)c1ncc(CNC(C)C)cc1C. The minimum Gasteiger partial charge on any atom is -0.329 e. The molecule has 2 aromatic rings. The van der Waals surface area contributed by atoms with Crippen LogP contribution in [-0.2, 0) is 6.54 Å². The Bertz CT molecular complexity index is 605. The van der Waals surface area contributed by atoms with Crippen LogP contribution in [-0.4, -0.2) is 18.1 Å². The van der Waals surface area contributed by atoms with E-state index >= 15 is 0 Å². The van der Waals surface area contributed by atoms with E-state index in [1.54, 1.807) is 0 Å². The Morgan fingerprint density at radius 2 is 1.86 bits per heavy atom. The molecule has 0 radical (unpaired) electrons. The van der Waals surface area contributed by atoms with Crippen LogP contribution in [0.4, 0.5) is 11.5 Å². The zero-order valence-corrected chi connectivity index (χ0v) is 13.6. The van der Waals surface area contributed by atoms with Crippen LogP contribution in [0.2, 0.25) is 0 Å². The van der Waals surface area contributed by atoms with E-state index in [1.165, 1.54) is 22.4 Å². The van der Waals surface area contributed by atoms with Gasteiger partial charge in [0.25, 0.3) is 0 Å². The minimum absolute atomic E-state index is 0.486. The Kier molecular flexibility index (Phi) is 4.97. The Hall–Kier alpha value is -1.87. The third kappa shape index (κ3) is 3.82. The first-order chi connectivity index (χ1) is 9.99. The van der Waals surface area contributed by atoms with E-state index in [2.05, 4.69) is 80.3 Å². The summed E-state index contributed by atoms with van der Waals surface area (Å²) in [7, 11) is 2.07. The van der Waals surface area contributed by atoms with Gasteiger partial charge in [0.15, 0.2) is 0 Å². The van der Waals surface area contributed by atoms with Crippen LogP contribution in [0.5, 0.6) is 0 Å². The summed E-state index contributed by atoms with van der Waals surface area (Å²) < 4.78 is 0. The van der Waals surface area contributed by atoms with Gasteiger partial charge in [-0.15, -0.1) is 0 Å². The van der Waals surface area contributed by atoms with Crippen molar-refractivity contribution in [1.29, 1.82) is 0 Å². The molecule has 1 aromatic heterocycles. The molecule has 0 bridgehead atoms. The van der Waals surface area contributed by atoms with Crippen molar-refractivity contribution in [3.8, 4) is 0 Å². The van der Waals surface area contributed by atoms with E-state index in [-0.39, 0.29) is 0 Å². The summed E-state index contributed by atoms with van der Waals surface area (Å²) in [6.45, 7) is 9.42. The van der Waals surface area contributed by atoms with Gasteiger partial charge in [-0.05, 0) is 42.7 Å². The lowest BCUT2D eigenvalue weighted by Gasteiger charge is -2.22. The monoisotopic (exact) mass is 283 g/mol. The Balaban J connectivity index is 2.23. The van der Waals surface area contributed by atoms with Crippen molar-refractivity contribution < 1.29 is 0 Å². The number of nitrogens with one attached hydrogen (secondary N) is 1. The van der Waals surface area contributed by atoms with Gasteiger partial charge in [-0.1, -0.05) is 32.0 Å². The summed E-state index contributed by atoms with van der Waals surface area (Å²) in [6.07, 6.45) is 1.96. The summed E-state index contributed by atoms with van der Waals surface area (Å²) in [5.41, 5.74) is 4.87. The van der Waals surface area contributed by atoms with E-state index in [1.807, 2.05) is 6.20 Å². The van der Waals surface area contributed by atoms with Crippen molar-refractivity contribution in [2.24, 2.45) is 0 Å². The van der Waals surface area contributed by atoms with Crippen LogP contribution in [0.15, 0.2) is 36.5 Å². The number of benzene rings is 1. The first-order valence-electron chi connectivity index (χ1n) is 7.47. The van der Waals surface area contributed by atoms with Crippen LogP contribution < -0.4 is 10.2 Å². The third-order valence-electron chi connectivity index (χ3n) is 3.62. The molecule has 0 saturated carbocycles. The van der Waals surface area contributed by atoms with Crippen LogP contribution >= 0.6 is 0 Å². The van der Waals surface area contributed by atoms with Gasteiger partial charge >= 0.3 is 0 Å². The van der Waals surface area contributed by atoms with E-state index in [9.17, 15) is 0 Å². The molecule has 2 rings (SSSR count). The first kappa shape index (κ1) is 15.5. The summed E-state index contributed by atoms with van der Waals surface area (Å²) in [5, 5.41) is 3.42. The summed E-state index contributed by atoms with van der Waals surface area (Å²) in [4.78, 5) is 6.82. The van der Waals surface area contributed by atoms with Crippen molar-refractivity contribution in [3.63, 3.8) is 0 Å². The maximum atomic E-state index is 4.66. The summed E-state index contributed by atoms with van der Waals surface area (Å²) in [5.74, 6) is 1.01. The van der Waals surface area contributed by atoms with Gasteiger partial charge in [0.2, 0.25) is 0 Å². The standard InChI is InChI=1S/C18H25N3/c1-13(2)19-11-16-10-15(4)18(20-12-16)21(5)17-9-7-6-8-14(17)3/h6-10,12-13,19H,11H2,1-5H3. The highest BCUT2D eigenvalue weighted by Gasteiger charge is 2.11. The van der Waals surface area contributed by atoms with Gasteiger partial charge in [0, 0.05) is 31.5 Å². The normalized spacial score (nSPS) is 11.0. The van der Waals surface area contributed by atoms with Crippen molar-refractivity contribution in [2.45, 2.75) is 40.3 Å². The highest BCUT2D eigenvalue weighted by atomic mass is 15.2. The molecule has 0 amide bonds. The molecule has 0 aliphatic carbocycles. The predicted octanol–water partition coefficient (Wildman–Crippen LogP) is 3.96. The number of aryl methyl sites for hydroxylation is 2. The molecule has 0 aliphatic rings. The Morgan fingerprint density at radius 3 is 2.48 bits per heavy atom. The second kappa shape index (κ2) is 6.72. The molecule has 112 valence electrons. The van der Waals surface area contributed by atoms with Crippen molar-refractivity contribution in [1.82, 2.24) is 10.3 Å². The number of aromatic nitrogens is 1. The Labute approximate surface area is 128 Å². The molecule has 0 unspecified atom stereocenters. The number of hydrogen-bond donors (Lipinski definition) is 1. The topological polar surface area (TPSA) is 28.2 Å². The number of pyridine rings is 1. The number of nitrogens with zero attached hydrogens (tertiary/aromatic N) is 2. The molecule has 0 atom stereocenters. The summed E-state index contributed by atoms with van der Waals surface area (Å²) in [6, 6.07) is 11.1. The zero-order chi connectivity index (χ0) is 15.4. The highest BCUT2D eigenvalue weighted by molar-refractivity contribution is 5.65.